The van der Waals surface area contributed by atoms with Crippen LogP contribution >= 0.6 is 0 Å². The first kappa shape index (κ1) is 58.6. The molecule has 0 amide bonds. The second kappa shape index (κ2) is 22.4. The van der Waals surface area contributed by atoms with Crippen molar-refractivity contribution in [2.45, 2.75) is 232 Å². The van der Waals surface area contributed by atoms with Gasteiger partial charge in [-0.05, 0) is 80.0 Å². The summed E-state index contributed by atoms with van der Waals surface area (Å²) >= 11 is 0. The average Bonchev–Trinajstić information content (AvgIpc) is 3.81. The Kier molecular flexibility index (Phi) is 17.5. The molecule has 4 aliphatic carbocycles. The number of rotatable bonds is 15. The predicted molar refractivity (Wildman–Crippen MR) is 248 cm³/mol. The number of hydrogen-bond acceptors (Lipinski definition) is 25. The highest BCUT2D eigenvalue weighted by molar-refractivity contribution is 5.18. The number of hydrogen-bond donors (Lipinski definition) is 16. The van der Waals surface area contributed by atoms with Crippen LogP contribution in [0.5, 0.6) is 0 Å². The van der Waals surface area contributed by atoms with E-state index in [0.29, 0.717) is 25.7 Å². The van der Waals surface area contributed by atoms with Crippen molar-refractivity contribution < 1.29 is 124 Å². The third kappa shape index (κ3) is 10.3. The van der Waals surface area contributed by atoms with Crippen molar-refractivity contribution in [3.05, 3.63) is 0 Å². The van der Waals surface area contributed by atoms with Crippen molar-refractivity contribution in [3.63, 3.8) is 0 Å². The van der Waals surface area contributed by atoms with Crippen LogP contribution < -0.4 is 0 Å². The van der Waals surface area contributed by atoms with Gasteiger partial charge in [0, 0.05) is 24.2 Å². The molecule has 25 nitrogen and oxygen atoms in total. The van der Waals surface area contributed by atoms with Crippen LogP contribution in [-0.2, 0) is 42.6 Å². The van der Waals surface area contributed by atoms with Crippen LogP contribution in [0.2, 0.25) is 0 Å². The summed E-state index contributed by atoms with van der Waals surface area (Å²) in [4.78, 5) is 0. The van der Waals surface area contributed by atoms with Gasteiger partial charge in [-0.3, -0.25) is 0 Å². The summed E-state index contributed by atoms with van der Waals surface area (Å²) in [6.07, 6.45) is -28.7. The largest absolute Gasteiger partial charge is 0.394 e. The molecule has 0 aromatic rings. The summed E-state index contributed by atoms with van der Waals surface area (Å²) in [5.74, 6) is -1.24. The number of fused-ring (bicyclic) bond motifs is 7. The topological polar surface area (TPSA) is 407 Å². The molecule has 5 aliphatic heterocycles. The van der Waals surface area contributed by atoms with Gasteiger partial charge in [0.2, 0.25) is 0 Å². The van der Waals surface area contributed by atoms with E-state index in [1.54, 1.807) is 0 Å². The van der Waals surface area contributed by atoms with Crippen LogP contribution in [0.4, 0.5) is 0 Å². The molecule has 9 fully saturated rings. The molecule has 9 aliphatic rings. The van der Waals surface area contributed by atoms with Crippen molar-refractivity contribution in [3.8, 4) is 0 Å². The highest BCUT2D eigenvalue weighted by Gasteiger charge is 2.71. The van der Waals surface area contributed by atoms with E-state index in [9.17, 15) is 81.7 Å². The SMILES string of the molecule is C[C@H](CC[C@@]1(O)O[C@H]2C[C@H]3[C@@H]4CC[C@@]5(O)C[C@@H](O[C@@H]6O[C@H](CO)[C@H](O[C@@H]7O[C@H](CO)[C@@H](O)[C@H](O[C@@H]8OC[C@@H](O)[C@H](O)[C@H]8O)[C@H]7O)[C@H](O)[C@H]6O)[C@H](O)C[C@]5(C)[C@H]4CC[C@]3(C)[C@H]2[C@@H]1C)CO[C@@H]1O[C@H](CO)[C@@H](O)[C@H](O)[C@H]1O. The van der Waals surface area contributed by atoms with Crippen LogP contribution in [0.1, 0.15) is 85.5 Å². The van der Waals surface area contributed by atoms with Crippen molar-refractivity contribution in [2.75, 3.05) is 33.0 Å². The first-order valence-corrected chi connectivity index (χ1v) is 26.9. The normalized spacial score (nSPS) is 56.4. The molecule has 0 bridgehead atoms. The smallest absolute Gasteiger partial charge is 0.187 e. The number of aliphatic hydroxyl groups excluding tert-OH is 14. The van der Waals surface area contributed by atoms with Gasteiger partial charge in [0.15, 0.2) is 30.9 Å². The highest BCUT2D eigenvalue weighted by Crippen LogP contribution is 2.71. The maximum Gasteiger partial charge on any atom is 0.187 e. The zero-order valence-electron chi connectivity index (χ0n) is 42.9. The van der Waals surface area contributed by atoms with Gasteiger partial charge in [-0.1, -0.05) is 27.7 Å². The Labute approximate surface area is 434 Å². The Bertz CT molecular complexity index is 1910. The van der Waals surface area contributed by atoms with E-state index in [2.05, 4.69) is 6.92 Å². The zero-order valence-corrected chi connectivity index (χ0v) is 42.9. The van der Waals surface area contributed by atoms with E-state index >= 15 is 0 Å². The molecule has 4 saturated carbocycles. The molecule has 0 radical (unpaired) electrons. The fourth-order valence-electron chi connectivity index (χ4n) is 15.4. The molecule has 434 valence electrons. The van der Waals surface area contributed by atoms with Crippen LogP contribution in [0.3, 0.4) is 0 Å². The first-order chi connectivity index (χ1) is 35.3. The van der Waals surface area contributed by atoms with Crippen molar-refractivity contribution in [1.82, 2.24) is 0 Å². The maximum atomic E-state index is 12.7. The van der Waals surface area contributed by atoms with Crippen molar-refractivity contribution in [1.29, 1.82) is 0 Å². The standard InChI is InChI=1S/C50H84O25/c1-19(17-67-43-38(62)35(59)33(57)28(14-51)70-43)5-10-50(66)20(2)31-26(75-50)11-23-21-6-9-49(65)13-27(24(54)12-48(49,4)22(21)7-8-47(23,31)3)69-45-39(63)36(60)41(30(16-53)72-45)73-46-40(64)42(34(58)29(15-52)71-46)74-44-37(61)32(56)25(55)18-68-44/h19-46,51-66H,5-18H2,1-4H3/t19-,20+,21-,22+,23+,24-,25-,26+,27-,28-,29-,30-,31+,32+,33-,34-,35+,36-,37-,38-,39-,40-,41+,42+,43-,44+,45-,46+,47+,48-,49-,50-/m1/s1. The third-order valence-corrected chi connectivity index (χ3v) is 19.9. The first-order valence-electron chi connectivity index (χ1n) is 26.9. The second-order valence-electron chi connectivity index (χ2n) is 24.1. The van der Waals surface area contributed by atoms with Crippen molar-refractivity contribution in [2.24, 2.45) is 46.3 Å². The lowest BCUT2D eigenvalue weighted by atomic mass is 9.42. The molecule has 9 rings (SSSR count). The fourth-order valence-corrected chi connectivity index (χ4v) is 15.4. The monoisotopic (exact) mass is 1080 g/mol. The summed E-state index contributed by atoms with van der Waals surface area (Å²) in [6, 6.07) is 0. The lowest BCUT2D eigenvalue weighted by Crippen LogP contribution is -2.68. The fraction of sp³-hybridized carbons (Fsp3) is 1.00. The minimum Gasteiger partial charge on any atom is -0.394 e. The van der Waals surface area contributed by atoms with Crippen molar-refractivity contribution >= 4 is 0 Å². The summed E-state index contributed by atoms with van der Waals surface area (Å²) in [5, 5.41) is 173. The van der Waals surface area contributed by atoms with E-state index in [1.165, 1.54) is 0 Å². The number of aliphatic hydroxyl groups is 16. The van der Waals surface area contributed by atoms with E-state index in [-0.39, 0.29) is 66.5 Å². The molecule has 0 unspecified atom stereocenters. The molecule has 0 spiro atoms. The van der Waals surface area contributed by atoms with Crippen LogP contribution in [0.15, 0.2) is 0 Å². The second-order valence-corrected chi connectivity index (χ2v) is 24.1. The Morgan fingerprint density at radius 2 is 1.21 bits per heavy atom. The van der Waals surface area contributed by atoms with Gasteiger partial charge in [0.1, 0.15) is 91.6 Å². The maximum absolute atomic E-state index is 12.7. The predicted octanol–water partition coefficient (Wildman–Crippen LogP) is -5.23. The zero-order chi connectivity index (χ0) is 54.4. The van der Waals surface area contributed by atoms with Gasteiger partial charge in [0.25, 0.3) is 0 Å². The van der Waals surface area contributed by atoms with Gasteiger partial charge < -0.3 is 124 Å². The summed E-state index contributed by atoms with van der Waals surface area (Å²) < 4.78 is 52.4. The van der Waals surface area contributed by atoms with Gasteiger partial charge in [0.05, 0.1) is 56.9 Å². The summed E-state index contributed by atoms with van der Waals surface area (Å²) in [6.45, 7) is 5.74. The van der Waals surface area contributed by atoms with Crippen LogP contribution in [0, 0.1) is 46.3 Å². The van der Waals surface area contributed by atoms with E-state index in [0.717, 1.165) is 19.3 Å². The Morgan fingerprint density at radius 3 is 1.91 bits per heavy atom. The van der Waals surface area contributed by atoms with Crippen LogP contribution in [-0.4, -0.2) is 261 Å². The number of ether oxygens (including phenoxy) is 9. The van der Waals surface area contributed by atoms with E-state index in [1.807, 2.05) is 20.8 Å². The van der Waals surface area contributed by atoms with Gasteiger partial charge in [-0.2, -0.15) is 0 Å². The van der Waals surface area contributed by atoms with Gasteiger partial charge in [-0.15, -0.1) is 0 Å². The summed E-state index contributed by atoms with van der Waals surface area (Å²) in [7, 11) is 0. The minimum atomic E-state index is -1.93. The molecule has 75 heavy (non-hydrogen) atoms. The molecule has 25 heteroatoms. The van der Waals surface area contributed by atoms with Crippen LogP contribution in [0.25, 0.3) is 0 Å². The lowest BCUT2D eigenvalue weighted by Gasteiger charge is -2.65. The van der Waals surface area contributed by atoms with E-state index < -0.39 is 172 Å². The molecule has 32 atom stereocenters. The molecular weight excluding hydrogens is 1000 g/mol. The quantitative estimate of drug-likeness (QED) is 0.0682. The third-order valence-electron chi connectivity index (χ3n) is 19.9. The Morgan fingerprint density at radius 1 is 0.600 bits per heavy atom. The Hall–Kier alpha value is -1.00. The Balaban J connectivity index is 0.797. The molecular formula is C50H84O25. The minimum absolute atomic E-state index is 0.0196. The molecule has 0 aromatic carbocycles. The highest BCUT2D eigenvalue weighted by atomic mass is 16.8. The molecule has 5 heterocycles. The van der Waals surface area contributed by atoms with Gasteiger partial charge >= 0.3 is 0 Å². The van der Waals surface area contributed by atoms with E-state index in [4.69, 9.17) is 42.6 Å². The summed E-state index contributed by atoms with van der Waals surface area (Å²) in [5.41, 5.74) is -2.25. The molecule has 0 aromatic heterocycles. The molecule has 16 N–H and O–H groups in total. The molecule has 5 saturated heterocycles. The van der Waals surface area contributed by atoms with Gasteiger partial charge in [-0.25, -0.2) is 0 Å². The lowest BCUT2D eigenvalue weighted by molar-refractivity contribution is -0.380. The average molecular weight is 1090 g/mol.